The second-order valence-electron chi connectivity index (χ2n) is 5.52. The van der Waals surface area contributed by atoms with E-state index in [1.54, 1.807) is 0 Å². The zero-order chi connectivity index (χ0) is 14.1. The summed E-state index contributed by atoms with van der Waals surface area (Å²) in [7, 11) is 0. The Kier molecular flexibility index (Phi) is 8.24. The lowest BCUT2D eigenvalue weighted by Gasteiger charge is -2.28. The van der Waals surface area contributed by atoms with Gasteiger partial charge in [-0.25, -0.2) is 0 Å². The predicted molar refractivity (Wildman–Crippen MR) is 88.9 cm³/mol. The molecule has 2 unspecified atom stereocenters. The van der Waals surface area contributed by atoms with E-state index < -0.39 is 0 Å². The van der Waals surface area contributed by atoms with Crippen LogP contribution in [0.1, 0.15) is 52.1 Å². The molecule has 0 aliphatic carbocycles. The number of nitrogens with one attached hydrogen (secondary N) is 1. The average molecular weight is 279 g/mol. The Bertz CT molecular complexity index is 323. The Balaban J connectivity index is 2.75. The fourth-order valence-electron chi connectivity index (χ4n) is 2.19. The van der Waals surface area contributed by atoms with E-state index in [1.165, 1.54) is 24.2 Å². The van der Waals surface area contributed by atoms with Crippen molar-refractivity contribution >= 4 is 11.8 Å². The number of hydrogen-bond acceptors (Lipinski definition) is 2. The van der Waals surface area contributed by atoms with Crippen molar-refractivity contribution in [3.63, 3.8) is 0 Å². The summed E-state index contributed by atoms with van der Waals surface area (Å²) in [6.07, 6.45) is 2.41. The van der Waals surface area contributed by atoms with Gasteiger partial charge in [0.05, 0.1) is 0 Å². The highest BCUT2D eigenvalue weighted by molar-refractivity contribution is 7.99. The van der Waals surface area contributed by atoms with E-state index in [4.69, 9.17) is 0 Å². The van der Waals surface area contributed by atoms with Gasteiger partial charge in [-0.1, -0.05) is 58.0 Å². The van der Waals surface area contributed by atoms with E-state index in [2.05, 4.69) is 75.1 Å². The molecular weight excluding hydrogens is 250 g/mol. The molecule has 108 valence electrons. The second-order valence-corrected chi connectivity index (χ2v) is 6.79. The number of benzene rings is 1. The summed E-state index contributed by atoms with van der Waals surface area (Å²) in [4.78, 5) is 0. The maximum atomic E-state index is 3.74. The lowest BCUT2D eigenvalue weighted by Crippen LogP contribution is -2.31. The SMILES string of the molecule is CCCNC(c1ccccc1)C(CC)SCC(C)C. The third-order valence-electron chi connectivity index (χ3n) is 3.19. The fourth-order valence-corrected chi connectivity index (χ4v) is 3.50. The van der Waals surface area contributed by atoms with E-state index in [0.717, 1.165) is 12.5 Å². The number of thioether (sulfide) groups is 1. The molecule has 1 aromatic carbocycles. The Morgan fingerprint density at radius 1 is 1.11 bits per heavy atom. The molecule has 0 amide bonds. The van der Waals surface area contributed by atoms with Gasteiger partial charge in [0.2, 0.25) is 0 Å². The van der Waals surface area contributed by atoms with Crippen LogP contribution in [-0.4, -0.2) is 17.5 Å². The second kappa shape index (κ2) is 9.44. The van der Waals surface area contributed by atoms with E-state index in [9.17, 15) is 0 Å². The van der Waals surface area contributed by atoms with Gasteiger partial charge in [0.1, 0.15) is 0 Å². The molecule has 0 heterocycles. The first-order valence-electron chi connectivity index (χ1n) is 7.58. The van der Waals surface area contributed by atoms with E-state index in [-0.39, 0.29) is 0 Å². The summed E-state index contributed by atoms with van der Waals surface area (Å²) in [5, 5.41) is 4.40. The van der Waals surface area contributed by atoms with Crippen molar-refractivity contribution in [2.45, 2.75) is 51.8 Å². The zero-order valence-electron chi connectivity index (χ0n) is 12.9. The Morgan fingerprint density at radius 3 is 2.32 bits per heavy atom. The van der Waals surface area contributed by atoms with Gasteiger partial charge in [0, 0.05) is 11.3 Å². The van der Waals surface area contributed by atoms with Gasteiger partial charge in [0.15, 0.2) is 0 Å². The summed E-state index contributed by atoms with van der Waals surface area (Å²) in [6.45, 7) is 10.2. The molecule has 2 heteroatoms. The van der Waals surface area contributed by atoms with Crippen molar-refractivity contribution in [1.29, 1.82) is 0 Å². The maximum Gasteiger partial charge on any atom is 0.0440 e. The van der Waals surface area contributed by atoms with Crippen molar-refractivity contribution in [3.05, 3.63) is 35.9 Å². The first-order valence-corrected chi connectivity index (χ1v) is 8.63. The van der Waals surface area contributed by atoms with Gasteiger partial charge in [-0.2, -0.15) is 11.8 Å². The molecule has 0 saturated heterocycles. The van der Waals surface area contributed by atoms with E-state index in [1.807, 2.05) is 0 Å². The van der Waals surface area contributed by atoms with Gasteiger partial charge in [-0.05, 0) is 36.6 Å². The van der Waals surface area contributed by atoms with Crippen LogP contribution in [0, 0.1) is 5.92 Å². The van der Waals surface area contributed by atoms with E-state index in [0.29, 0.717) is 11.3 Å². The number of rotatable bonds is 9. The van der Waals surface area contributed by atoms with Crippen molar-refractivity contribution in [1.82, 2.24) is 5.32 Å². The quantitative estimate of drug-likeness (QED) is 0.690. The largest absolute Gasteiger partial charge is 0.309 e. The molecule has 0 aliphatic heterocycles. The molecule has 0 bridgehead atoms. The normalized spacial score (nSPS) is 14.6. The maximum absolute atomic E-state index is 3.74. The molecule has 0 fully saturated rings. The van der Waals surface area contributed by atoms with Gasteiger partial charge in [-0.3, -0.25) is 0 Å². The standard InChI is InChI=1S/C17H29NS/c1-5-12-18-17(15-10-8-7-9-11-15)16(6-2)19-13-14(3)4/h7-11,14,16-18H,5-6,12-13H2,1-4H3. The summed E-state index contributed by atoms with van der Waals surface area (Å²) in [6, 6.07) is 11.4. The minimum absolute atomic E-state index is 0.481. The molecule has 0 spiro atoms. The van der Waals surface area contributed by atoms with Crippen LogP contribution in [0.2, 0.25) is 0 Å². The van der Waals surface area contributed by atoms with Crippen molar-refractivity contribution in [3.8, 4) is 0 Å². The lowest BCUT2D eigenvalue weighted by atomic mass is 10.0. The minimum Gasteiger partial charge on any atom is -0.309 e. The smallest absolute Gasteiger partial charge is 0.0440 e. The van der Waals surface area contributed by atoms with Gasteiger partial charge >= 0.3 is 0 Å². The first kappa shape index (κ1) is 16.6. The first-order chi connectivity index (χ1) is 9.19. The molecule has 0 radical (unpaired) electrons. The van der Waals surface area contributed by atoms with Crippen LogP contribution in [0.4, 0.5) is 0 Å². The zero-order valence-corrected chi connectivity index (χ0v) is 13.7. The van der Waals surface area contributed by atoms with Crippen LogP contribution in [0.15, 0.2) is 30.3 Å². The summed E-state index contributed by atoms with van der Waals surface area (Å²) >= 11 is 2.12. The molecule has 19 heavy (non-hydrogen) atoms. The molecule has 1 N–H and O–H groups in total. The molecule has 0 aromatic heterocycles. The van der Waals surface area contributed by atoms with Gasteiger partial charge < -0.3 is 5.32 Å². The minimum atomic E-state index is 0.481. The van der Waals surface area contributed by atoms with Crippen LogP contribution in [0.5, 0.6) is 0 Å². The van der Waals surface area contributed by atoms with Crippen LogP contribution < -0.4 is 5.32 Å². The Morgan fingerprint density at radius 2 is 1.79 bits per heavy atom. The Hall–Kier alpha value is -0.470. The van der Waals surface area contributed by atoms with Crippen molar-refractivity contribution < 1.29 is 0 Å². The highest BCUT2D eigenvalue weighted by Crippen LogP contribution is 2.30. The third-order valence-corrected chi connectivity index (χ3v) is 5.08. The van der Waals surface area contributed by atoms with Crippen LogP contribution >= 0.6 is 11.8 Å². The van der Waals surface area contributed by atoms with Crippen LogP contribution in [-0.2, 0) is 0 Å². The van der Waals surface area contributed by atoms with Crippen LogP contribution in [0.3, 0.4) is 0 Å². The van der Waals surface area contributed by atoms with Crippen LogP contribution in [0.25, 0.3) is 0 Å². The summed E-state index contributed by atoms with van der Waals surface area (Å²) < 4.78 is 0. The van der Waals surface area contributed by atoms with E-state index >= 15 is 0 Å². The monoisotopic (exact) mass is 279 g/mol. The third kappa shape index (κ3) is 6.01. The average Bonchev–Trinajstić information content (AvgIpc) is 2.43. The number of hydrogen-bond donors (Lipinski definition) is 1. The summed E-state index contributed by atoms with van der Waals surface area (Å²) in [5.41, 5.74) is 1.43. The van der Waals surface area contributed by atoms with Crippen molar-refractivity contribution in [2.24, 2.45) is 5.92 Å². The van der Waals surface area contributed by atoms with Gasteiger partial charge in [0.25, 0.3) is 0 Å². The molecule has 1 rings (SSSR count). The predicted octanol–water partition coefficient (Wildman–Crippen LogP) is 4.90. The Labute approximate surface area is 123 Å². The molecule has 0 aliphatic rings. The topological polar surface area (TPSA) is 12.0 Å². The highest BCUT2D eigenvalue weighted by atomic mass is 32.2. The molecule has 0 saturated carbocycles. The molecule has 1 aromatic rings. The highest BCUT2D eigenvalue weighted by Gasteiger charge is 2.21. The molecule has 2 atom stereocenters. The molecular formula is C17H29NS. The fraction of sp³-hybridized carbons (Fsp3) is 0.647. The van der Waals surface area contributed by atoms with Crippen molar-refractivity contribution in [2.75, 3.05) is 12.3 Å². The lowest BCUT2D eigenvalue weighted by molar-refractivity contribution is 0.504. The molecule has 1 nitrogen and oxygen atoms in total. The summed E-state index contributed by atoms with van der Waals surface area (Å²) in [5.74, 6) is 2.01. The van der Waals surface area contributed by atoms with Gasteiger partial charge in [-0.15, -0.1) is 0 Å².